The van der Waals surface area contributed by atoms with Crippen LogP contribution in [-0.4, -0.2) is 28.9 Å². The van der Waals surface area contributed by atoms with Gasteiger partial charge in [-0.15, -0.1) is 0 Å². The maximum absolute atomic E-state index is 12.7. The summed E-state index contributed by atoms with van der Waals surface area (Å²) in [6.45, 7) is 0.517. The van der Waals surface area contributed by atoms with Crippen molar-refractivity contribution in [3.63, 3.8) is 0 Å². The summed E-state index contributed by atoms with van der Waals surface area (Å²) in [4.78, 5) is 25.8. The van der Waals surface area contributed by atoms with E-state index in [2.05, 4.69) is 0 Å². The number of rotatable bonds is 4. The van der Waals surface area contributed by atoms with E-state index in [1.54, 1.807) is 11.9 Å². The number of hydrogen-bond acceptors (Lipinski definition) is 2. The summed E-state index contributed by atoms with van der Waals surface area (Å²) >= 11 is 0. The molecule has 1 amide bonds. The van der Waals surface area contributed by atoms with E-state index in [4.69, 9.17) is 0 Å². The molecule has 0 aromatic heterocycles. The zero-order chi connectivity index (χ0) is 15.0. The van der Waals surface area contributed by atoms with Gasteiger partial charge in [-0.05, 0) is 23.8 Å². The summed E-state index contributed by atoms with van der Waals surface area (Å²) in [6, 6.07) is 9.76. The van der Waals surface area contributed by atoms with Crippen LogP contribution < -0.4 is 0 Å². The fourth-order valence-corrected chi connectivity index (χ4v) is 3.69. The minimum Gasteiger partial charge on any atom is -0.481 e. The number of carbonyl (C=O) groups is 2. The van der Waals surface area contributed by atoms with Crippen molar-refractivity contribution in [1.29, 1.82) is 0 Å². The van der Waals surface area contributed by atoms with Gasteiger partial charge in [-0.1, -0.05) is 42.5 Å². The number of aliphatic carboxylic acids is 1. The predicted octanol–water partition coefficient (Wildman–Crippen LogP) is 2.17. The van der Waals surface area contributed by atoms with Crippen LogP contribution in [-0.2, 0) is 16.1 Å². The standard InChI is InChI=1S/C17H19NO3/c1-18(10-11-5-3-2-4-6-11)16(19)14-12-7-8-13(9-12)15(14)17(20)21/h2-8,12-15H,9-10H2,1H3,(H,20,21)/t12-,13+,14-,15+/m1/s1. The fourth-order valence-electron chi connectivity index (χ4n) is 3.69. The second-order valence-corrected chi connectivity index (χ2v) is 6.02. The summed E-state index contributed by atoms with van der Waals surface area (Å²) in [5, 5.41) is 9.42. The third-order valence-electron chi connectivity index (χ3n) is 4.67. The van der Waals surface area contributed by atoms with Crippen LogP contribution in [0.2, 0.25) is 0 Å². The van der Waals surface area contributed by atoms with E-state index in [1.165, 1.54) is 0 Å². The first-order chi connectivity index (χ1) is 10.1. The zero-order valence-electron chi connectivity index (χ0n) is 12.0. The molecule has 0 heterocycles. The van der Waals surface area contributed by atoms with Crippen LogP contribution in [0.1, 0.15) is 12.0 Å². The summed E-state index contributed by atoms with van der Waals surface area (Å²) in [7, 11) is 1.75. The number of carboxylic acid groups (broad SMARTS) is 1. The van der Waals surface area contributed by atoms with Crippen LogP contribution in [0.3, 0.4) is 0 Å². The van der Waals surface area contributed by atoms with Gasteiger partial charge in [-0.25, -0.2) is 0 Å². The highest BCUT2D eigenvalue weighted by molar-refractivity contribution is 5.86. The average Bonchev–Trinajstić information content (AvgIpc) is 3.08. The van der Waals surface area contributed by atoms with E-state index in [9.17, 15) is 14.7 Å². The molecule has 0 aliphatic heterocycles. The lowest BCUT2D eigenvalue weighted by molar-refractivity contribution is -0.150. The summed E-state index contributed by atoms with van der Waals surface area (Å²) in [5.74, 6) is -1.77. The number of allylic oxidation sites excluding steroid dienone is 2. The highest BCUT2D eigenvalue weighted by Gasteiger charge is 2.52. The lowest BCUT2D eigenvalue weighted by Crippen LogP contribution is -2.40. The minimum absolute atomic E-state index is 0.0200. The van der Waals surface area contributed by atoms with E-state index in [0.717, 1.165) is 12.0 Å². The Bertz CT molecular complexity index is 581. The normalized spacial score (nSPS) is 29.6. The molecule has 1 fully saturated rings. The molecule has 3 rings (SSSR count). The van der Waals surface area contributed by atoms with Crippen LogP contribution in [0.25, 0.3) is 0 Å². The van der Waals surface area contributed by atoms with Crippen molar-refractivity contribution in [3.05, 3.63) is 48.0 Å². The second-order valence-electron chi connectivity index (χ2n) is 6.02. The molecular weight excluding hydrogens is 266 g/mol. The number of fused-ring (bicyclic) bond motifs is 2. The van der Waals surface area contributed by atoms with Crippen molar-refractivity contribution in [1.82, 2.24) is 4.90 Å². The Kier molecular flexibility index (Phi) is 3.53. The van der Waals surface area contributed by atoms with E-state index >= 15 is 0 Å². The molecule has 4 atom stereocenters. The maximum Gasteiger partial charge on any atom is 0.307 e. The molecular formula is C17H19NO3. The Balaban J connectivity index is 1.75. The van der Waals surface area contributed by atoms with Gasteiger partial charge < -0.3 is 10.0 Å². The number of benzene rings is 1. The van der Waals surface area contributed by atoms with Gasteiger partial charge in [0.1, 0.15) is 0 Å². The molecule has 1 aromatic carbocycles. The van der Waals surface area contributed by atoms with Gasteiger partial charge in [0.25, 0.3) is 0 Å². The summed E-state index contributed by atoms with van der Waals surface area (Å²) in [6.07, 6.45) is 4.78. The SMILES string of the molecule is CN(Cc1ccccc1)C(=O)[C@H]1[C@@H](C(=O)O)[C@H]2C=C[C@@H]1C2. The Morgan fingerprint density at radius 1 is 1.14 bits per heavy atom. The molecule has 1 aromatic rings. The van der Waals surface area contributed by atoms with Gasteiger partial charge >= 0.3 is 5.97 Å². The molecule has 2 aliphatic rings. The van der Waals surface area contributed by atoms with E-state index in [-0.39, 0.29) is 17.7 Å². The van der Waals surface area contributed by atoms with Gasteiger partial charge in [-0.2, -0.15) is 0 Å². The molecule has 0 spiro atoms. The van der Waals surface area contributed by atoms with Gasteiger partial charge in [0.15, 0.2) is 0 Å². The Labute approximate surface area is 124 Å². The fraction of sp³-hybridized carbons (Fsp3) is 0.412. The Morgan fingerprint density at radius 3 is 2.38 bits per heavy atom. The largest absolute Gasteiger partial charge is 0.481 e. The molecule has 1 saturated carbocycles. The van der Waals surface area contributed by atoms with E-state index < -0.39 is 17.8 Å². The van der Waals surface area contributed by atoms with Crippen LogP contribution >= 0.6 is 0 Å². The van der Waals surface area contributed by atoms with Gasteiger partial charge in [-0.3, -0.25) is 9.59 Å². The number of carbonyl (C=O) groups excluding carboxylic acids is 1. The van der Waals surface area contributed by atoms with E-state index in [0.29, 0.717) is 6.54 Å². The van der Waals surface area contributed by atoms with Gasteiger partial charge in [0.2, 0.25) is 5.91 Å². The van der Waals surface area contributed by atoms with Crippen molar-refractivity contribution in [2.24, 2.45) is 23.7 Å². The quantitative estimate of drug-likeness (QED) is 0.863. The van der Waals surface area contributed by atoms with Crippen molar-refractivity contribution in [3.8, 4) is 0 Å². The monoisotopic (exact) mass is 285 g/mol. The molecule has 4 heteroatoms. The first kappa shape index (κ1) is 13.9. The number of hydrogen-bond donors (Lipinski definition) is 1. The predicted molar refractivity (Wildman–Crippen MR) is 78.3 cm³/mol. The van der Waals surface area contributed by atoms with Crippen LogP contribution in [0, 0.1) is 23.7 Å². The molecule has 4 nitrogen and oxygen atoms in total. The van der Waals surface area contributed by atoms with E-state index in [1.807, 2.05) is 42.5 Å². The molecule has 2 aliphatic carbocycles. The second kappa shape index (κ2) is 5.35. The van der Waals surface area contributed by atoms with Crippen molar-refractivity contribution < 1.29 is 14.7 Å². The van der Waals surface area contributed by atoms with Crippen molar-refractivity contribution in [2.45, 2.75) is 13.0 Å². The lowest BCUT2D eigenvalue weighted by atomic mass is 9.82. The first-order valence-corrected chi connectivity index (χ1v) is 7.28. The molecule has 21 heavy (non-hydrogen) atoms. The smallest absolute Gasteiger partial charge is 0.307 e. The Morgan fingerprint density at radius 2 is 1.76 bits per heavy atom. The maximum atomic E-state index is 12.7. The molecule has 0 unspecified atom stereocenters. The molecule has 0 radical (unpaired) electrons. The zero-order valence-corrected chi connectivity index (χ0v) is 12.0. The van der Waals surface area contributed by atoms with Crippen molar-refractivity contribution >= 4 is 11.9 Å². The van der Waals surface area contributed by atoms with Crippen molar-refractivity contribution in [2.75, 3.05) is 7.05 Å². The summed E-state index contributed by atoms with van der Waals surface area (Å²) in [5.41, 5.74) is 1.05. The van der Waals surface area contributed by atoms with Crippen LogP contribution in [0.5, 0.6) is 0 Å². The third-order valence-corrected chi connectivity index (χ3v) is 4.67. The minimum atomic E-state index is -0.849. The molecule has 0 saturated heterocycles. The van der Waals surface area contributed by atoms with Crippen LogP contribution in [0.4, 0.5) is 0 Å². The first-order valence-electron chi connectivity index (χ1n) is 7.28. The lowest BCUT2D eigenvalue weighted by Gasteiger charge is -2.28. The number of amides is 1. The third kappa shape index (κ3) is 2.46. The van der Waals surface area contributed by atoms with Gasteiger partial charge in [0, 0.05) is 13.6 Å². The number of nitrogens with zero attached hydrogens (tertiary/aromatic N) is 1. The Hall–Kier alpha value is -2.10. The molecule has 1 N–H and O–H groups in total. The highest BCUT2D eigenvalue weighted by atomic mass is 16.4. The van der Waals surface area contributed by atoms with Crippen LogP contribution in [0.15, 0.2) is 42.5 Å². The topological polar surface area (TPSA) is 57.6 Å². The molecule has 2 bridgehead atoms. The highest BCUT2D eigenvalue weighted by Crippen LogP contribution is 2.48. The average molecular weight is 285 g/mol. The summed E-state index contributed by atoms with van der Waals surface area (Å²) < 4.78 is 0. The number of carboxylic acids is 1. The van der Waals surface area contributed by atoms with Gasteiger partial charge in [0.05, 0.1) is 11.8 Å². The molecule has 110 valence electrons.